The van der Waals surface area contributed by atoms with E-state index in [4.69, 9.17) is 23.8 Å². The molecule has 0 unspecified atom stereocenters. The third kappa shape index (κ3) is 3.63. The van der Waals surface area contributed by atoms with Gasteiger partial charge in [-0.05, 0) is 30.3 Å². The maximum Gasteiger partial charge on any atom is 0.165 e. The molecule has 0 aliphatic heterocycles. The molecule has 0 spiro atoms. The smallest absolute Gasteiger partial charge is 0.165 e. The predicted octanol–water partition coefficient (Wildman–Crippen LogP) is 11.0. The van der Waals surface area contributed by atoms with E-state index in [1.807, 2.05) is 72.8 Å². The van der Waals surface area contributed by atoms with Crippen LogP contribution in [0.25, 0.3) is 98.2 Å². The first-order valence-electron chi connectivity index (χ1n) is 14.8. The molecule has 4 heterocycles. The second kappa shape index (κ2) is 9.32. The fraction of sp³-hybridized carbons (Fsp3) is 0. The van der Waals surface area contributed by atoms with E-state index in [2.05, 4.69) is 54.6 Å². The summed E-state index contributed by atoms with van der Waals surface area (Å²) < 4.78 is 15.0. The van der Waals surface area contributed by atoms with Crippen LogP contribution in [0.15, 0.2) is 136 Å². The van der Waals surface area contributed by atoms with Crippen LogP contribution in [-0.2, 0) is 0 Å². The van der Waals surface area contributed by atoms with E-state index >= 15 is 0 Å². The summed E-state index contributed by atoms with van der Waals surface area (Å²) in [5.41, 5.74) is 6.17. The van der Waals surface area contributed by atoms with Gasteiger partial charge in [-0.15, -0.1) is 11.3 Å². The van der Waals surface area contributed by atoms with Crippen molar-refractivity contribution in [1.29, 1.82) is 0 Å². The first-order valence-corrected chi connectivity index (χ1v) is 15.6. The number of hydrogen-bond donors (Lipinski definition) is 0. The molecule has 0 bridgehead atoms. The van der Waals surface area contributed by atoms with Crippen molar-refractivity contribution >= 4 is 75.4 Å². The van der Waals surface area contributed by atoms with Crippen molar-refractivity contribution in [3.8, 4) is 34.2 Å². The fourth-order valence-corrected chi connectivity index (χ4v) is 7.74. The average Bonchev–Trinajstić information content (AvgIpc) is 3.79. The maximum absolute atomic E-state index is 6.53. The summed E-state index contributed by atoms with van der Waals surface area (Å²) in [5.74, 6) is 1.83. The average molecular weight is 596 g/mol. The Bertz CT molecular complexity index is 2770. The molecular formula is C39H21N3O2S. The molecule has 0 N–H and O–H groups in total. The summed E-state index contributed by atoms with van der Waals surface area (Å²) >= 11 is 1.74. The number of aromatic nitrogens is 3. The molecule has 0 aliphatic rings. The molecular weight excluding hydrogens is 575 g/mol. The number of rotatable bonds is 3. The second-order valence-corrected chi connectivity index (χ2v) is 12.2. The highest BCUT2D eigenvalue weighted by Crippen LogP contribution is 2.46. The van der Waals surface area contributed by atoms with Crippen molar-refractivity contribution in [3.05, 3.63) is 127 Å². The maximum atomic E-state index is 6.53. The first kappa shape index (κ1) is 24.6. The van der Waals surface area contributed by atoms with E-state index in [0.717, 1.165) is 76.0 Å². The van der Waals surface area contributed by atoms with E-state index in [9.17, 15) is 0 Å². The van der Waals surface area contributed by atoms with Gasteiger partial charge in [0, 0.05) is 53.7 Å². The number of para-hydroxylation sites is 2. The van der Waals surface area contributed by atoms with Crippen LogP contribution in [0.2, 0.25) is 0 Å². The lowest BCUT2D eigenvalue weighted by atomic mass is 10.0. The highest BCUT2D eigenvalue weighted by Gasteiger charge is 2.23. The zero-order valence-corrected chi connectivity index (χ0v) is 24.5. The topological polar surface area (TPSA) is 65.0 Å². The van der Waals surface area contributed by atoms with Gasteiger partial charge in [0.1, 0.15) is 22.3 Å². The second-order valence-electron chi connectivity index (χ2n) is 11.2. The summed E-state index contributed by atoms with van der Waals surface area (Å²) in [7, 11) is 0. The van der Waals surface area contributed by atoms with Crippen LogP contribution in [0, 0.1) is 0 Å². The number of hydrogen-bond acceptors (Lipinski definition) is 6. The molecule has 0 amide bonds. The summed E-state index contributed by atoms with van der Waals surface area (Å²) in [6.45, 7) is 0. The van der Waals surface area contributed by atoms with E-state index < -0.39 is 0 Å². The quantitative estimate of drug-likeness (QED) is 0.203. The van der Waals surface area contributed by atoms with Gasteiger partial charge in [0.2, 0.25) is 0 Å². The molecule has 4 aromatic heterocycles. The lowest BCUT2D eigenvalue weighted by Gasteiger charge is -2.10. The molecule has 6 heteroatoms. The summed E-state index contributed by atoms with van der Waals surface area (Å²) in [6, 6.07) is 43.2. The van der Waals surface area contributed by atoms with Gasteiger partial charge in [-0.25, -0.2) is 15.0 Å². The Kier molecular flexibility index (Phi) is 5.09. The van der Waals surface area contributed by atoms with Crippen LogP contribution < -0.4 is 0 Å². The highest BCUT2D eigenvalue weighted by molar-refractivity contribution is 7.26. The van der Waals surface area contributed by atoms with Gasteiger partial charge in [-0.3, -0.25) is 0 Å². The van der Waals surface area contributed by atoms with Crippen LogP contribution in [0.3, 0.4) is 0 Å². The standard InChI is InChI=1S/C39H21N3O2S/c1-2-11-22(12-3-1)37-40-38(26-16-10-19-31-33(26)24-14-5-8-18-30(24)43-31)42-39(41-37)28-21-27-23-13-4-7-17-29(23)44-35(27)34-25-15-6-9-20-32(25)45-36(28)34/h1-21H. The Morgan fingerprint density at radius 2 is 1.09 bits per heavy atom. The molecule has 0 aliphatic carbocycles. The molecule has 0 atom stereocenters. The number of furan rings is 2. The summed E-state index contributed by atoms with van der Waals surface area (Å²) in [4.78, 5) is 15.5. The number of fused-ring (bicyclic) bond motifs is 10. The molecule has 6 aromatic carbocycles. The molecule has 0 saturated heterocycles. The highest BCUT2D eigenvalue weighted by atomic mass is 32.1. The monoisotopic (exact) mass is 595 g/mol. The molecule has 210 valence electrons. The number of nitrogens with zero attached hydrogens (tertiary/aromatic N) is 3. The van der Waals surface area contributed by atoms with Crippen LogP contribution >= 0.6 is 11.3 Å². The zero-order chi connectivity index (χ0) is 29.5. The normalized spacial score (nSPS) is 12.0. The minimum absolute atomic E-state index is 0.599. The number of thiophene rings is 1. The van der Waals surface area contributed by atoms with Gasteiger partial charge in [-0.2, -0.15) is 0 Å². The molecule has 10 aromatic rings. The minimum atomic E-state index is 0.599. The van der Waals surface area contributed by atoms with Crippen molar-refractivity contribution in [3.63, 3.8) is 0 Å². The SMILES string of the molecule is c1ccc(-c2nc(-c3cc4c5ccccc5oc4c4c3sc3ccccc34)nc(-c3cccc4oc5ccccc5c34)n2)cc1. The van der Waals surface area contributed by atoms with E-state index in [-0.39, 0.29) is 0 Å². The van der Waals surface area contributed by atoms with Crippen LogP contribution in [0.5, 0.6) is 0 Å². The summed E-state index contributed by atoms with van der Waals surface area (Å²) in [5, 5.41) is 6.39. The lowest BCUT2D eigenvalue weighted by molar-refractivity contribution is 0.669. The lowest BCUT2D eigenvalue weighted by Crippen LogP contribution is -2.00. The molecule has 0 fully saturated rings. The van der Waals surface area contributed by atoms with Crippen LogP contribution in [0.1, 0.15) is 0 Å². The van der Waals surface area contributed by atoms with E-state index in [1.54, 1.807) is 11.3 Å². The molecule has 5 nitrogen and oxygen atoms in total. The van der Waals surface area contributed by atoms with Gasteiger partial charge >= 0.3 is 0 Å². The van der Waals surface area contributed by atoms with Gasteiger partial charge in [-0.1, -0.05) is 97.1 Å². The number of benzene rings is 6. The molecule has 10 rings (SSSR count). The van der Waals surface area contributed by atoms with E-state index in [0.29, 0.717) is 17.5 Å². The Morgan fingerprint density at radius 1 is 0.444 bits per heavy atom. The van der Waals surface area contributed by atoms with Crippen molar-refractivity contribution in [2.24, 2.45) is 0 Å². The van der Waals surface area contributed by atoms with Gasteiger partial charge < -0.3 is 8.83 Å². The Hall–Kier alpha value is -5.85. The predicted molar refractivity (Wildman–Crippen MR) is 184 cm³/mol. The fourth-order valence-electron chi connectivity index (χ4n) is 6.53. The van der Waals surface area contributed by atoms with Crippen LogP contribution in [-0.4, -0.2) is 15.0 Å². The Labute approximate surface area is 260 Å². The van der Waals surface area contributed by atoms with Crippen molar-refractivity contribution in [2.75, 3.05) is 0 Å². The van der Waals surface area contributed by atoms with Crippen molar-refractivity contribution in [2.45, 2.75) is 0 Å². The first-order chi connectivity index (χ1) is 22.3. The van der Waals surface area contributed by atoms with Gasteiger partial charge in [0.25, 0.3) is 0 Å². The zero-order valence-electron chi connectivity index (χ0n) is 23.7. The van der Waals surface area contributed by atoms with Gasteiger partial charge in [0.15, 0.2) is 17.5 Å². The van der Waals surface area contributed by atoms with Gasteiger partial charge in [0.05, 0.1) is 4.70 Å². The third-order valence-electron chi connectivity index (χ3n) is 8.54. The Balaban J connectivity index is 1.34. The van der Waals surface area contributed by atoms with Crippen molar-refractivity contribution < 1.29 is 8.83 Å². The largest absolute Gasteiger partial charge is 0.456 e. The third-order valence-corrected chi connectivity index (χ3v) is 9.75. The molecule has 0 saturated carbocycles. The Morgan fingerprint density at radius 3 is 1.93 bits per heavy atom. The minimum Gasteiger partial charge on any atom is -0.456 e. The molecule has 45 heavy (non-hydrogen) atoms. The molecule has 0 radical (unpaired) electrons. The van der Waals surface area contributed by atoms with E-state index in [1.165, 1.54) is 4.70 Å². The van der Waals surface area contributed by atoms with Crippen molar-refractivity contribution in [1.82, 2.24) is 15.0 Å². The summed E-state index contributed by atoms with van der Waals surface area (Å²) in [6.07, 6.45) is 0. The van der Waals surface area contributed by atoms with Crippen LogP contribution in [0.4, 0.5) is 0 Å².